The van der Waals surface area contributed by atoms with Gasteiger partial charge in [-0.2, -0.15) is 0 Å². The summed E-state index contributed by atoms with van der Waals surface area (Å²) >= 11 is 1.18. The minimum atomic E-state index is -0.730. The molecule has 1 aromatic heterocycles. The van der Waals surface area contributed by atoms with Crippen LogP contribution in [0.3, 0.4) is 0 Å². The fourth-order valence-electron chi connectivity index (χ4n) is 3.39. The van der Waals surface area contributed by atoms with Crippen molar-refractivity contribution >= 4 is 17.7 Å². The van der Waals surface area contributed by atoms with E-state index in [1.165, 1.54) is 28.5 Å². The van der Waals surface area contributed by atoms with Crippen molar-refractivity contribution in [3.05, 3.63) is 60.2 Å². The van der Waals surface area contributed by atoms with Crippen LogP contribution < -0.4 is 0 Å². The Bertz CT molecular complexity index is 1010. The van der Waals surface area contributed by atoms with E-state index in [1.807, 2.05) is 58.0 Å². The number of nitrogens with zero attached hydrogens (tertiary/aromatic N) is 4. The molecule has 1 amide bonds. The summed E-state index contributed by atoms with van der Waals surface area (Å²) in [7, 11) is 0. The van der Waals surface area contributed by atoms with E-state index in [1.54, 1.807) is 4.90 Å². The van der Waals surface area contributed by atoms with Crippen LogP contribution in [0, 0.1) is 11.6 Å². The van der Waals surface area contributed by atoms with Crippen LogP contribution in [0.4, 0.5) is 8.78 Å². The van der Waals surface area contributed by atoms with Crippen molar-refractivity contribution in [1.29, 1.82) is 0 Å². The van der Waals surface area contributed by atoms with Crippen molar-refractivity contribution in [3.63, 3.8) is 0 Å². The number of halogens is 2. The van der Waals surface area contributed by atoms with Crippen LogP contribution in [-0.2, 0) is 4.79 Å². The van der Waals surface area contributed by atoms with Gasteiger partial charge in [-0.3, -0.25) is 9.36 Å². The molecule has 3 rings (SSSR count). The number of rotatable bonds is 7. The maximum atomic E-state index is 14.6. The van der Waals surface area contributed by atoms with Gasteiger partial charge >= 0.3 is 0 Å². The molecule has 0 saturated heterocycles. The van der Waals surface area contributed by atoms with Gasteiger partial charge in [0.15, 0.2) is 11.0 Å². The second-order valence-corrected chi connectivity index (χ2v) is 8.32. The van der Waals surface area contributed by atoms with Gasteiger partial charge in [-0.15, -0.1) is 10.2 Å². The molecule has 0 aliphatic carbocycles. The largest absolute Gasteiger partial charge is 0.337 e. The quantitative estimate of drug-likeness (QED) is 0.498. The molecule has 0 aliphatic heterocycles. The summed E-state index contributed by atoms with van der Waals surface area (Å²) in [5.41, 5.74) is 0.859. The van der Waals surface area contributed by atoms with E-state index in [0.717, 1.165) is 11.6 Å². The number of thioether (sulfide) groups is 1. The van der Waals surface area contributed by atoms with Crippen LogP contribution in [-0.4, -0.2) is 43.4 Å². The van der Waals surface area contributed by atoms with Crippen LogP contribution in [0.15, 0.2) is 53.7 Å². The molecule has 3 aromatic rings. The zero-order valence-electron chi connectivity index (χ0n) is 17.3. The lowest BCUT2D eigenvalue weighted by atomic mass is 10.2. The molecule has 0 unspecified atom stereocenters. The smallest absolute Gasteiger partial charge is 0.233 e. The summed E-state index contributed by atoms with van der Waals surface area (Å²) < 4.78 is 29.6. The topological polar surface area (TPSA) is 51.0 Å². The van der Waals surface area contributed by atoms with Crippen molar-refractivity contribution in [3.8, 4) is 17.1 Å². The first-order valence-corrected chi connectivity index (χ1v) is 10.7. The van der Waals surface area contributed by atoms with Crippen molar-refractivity contribution in [2.24, 2.45) is 0 Å². The van der Waals surface area contributed by atoms with Crippen LogP contribution in [0.5, 0.6) is 0 Å². The third-order valence-corrected chi connectivity index (χ3v) is 5.46. The van der Waals surface area contributed by atoms with Gasteiger partial charge < -0.3 is 4.90 Å². The van der Waals surface area contributed by atoms with E-state index < -0.39 is 11.6 Å². The number of benzene rings is 2. The van der Waals surface area contributed by atoms with E-state index in [4.69, 9.17) is 0 Å². The minimum Gasteiger partial charge on any atom is -0.337 e. The first kappa shape index (κ1) is 22.0. The van der Waals surface area contributed by atoms with Gasteiger partial charge in [0.25, 0.3) is 0 Å². The van der Waals surface area contributed by atoms with E-state index in [2.05, 4.69) is 10.2 Å². The first-order valence-electron chi connectivity index (χ1n) is 9.69. The molecule has 1 heterocycles. The van der Waals surface area contributed by atoms with E-state index >= 15 is 0 Å². The molecule has 158 valence electrons. The summed E-state index contributed by atoms with van der Waals surface area (Å²) in [4.78, 5) is 14.6. The SMILES string of the molecule is CC(C)N(C(=O)CSc1nnc(-c2ccccc2)n1-c1ccc(F)cc1F)C(C)C. The monoisotopic (exact) mass is 430 g/mol. The summed E-state index contributed by atoms with van der Waals surface area (Å²) in [6.07, 6.45) is 0. The summed E-state index contributed by atoms with van der Waals surface area (Å²) in [6.45, 7) is 7.86. The highest BCUT2D eigenvalue weighted by atomic mass is 32.2. The molecule has 0 aliphatic rings. The number of amides is 1. The molecule has 8 heteroatoms. The van der Waals surface area contributed by atoms with Gasteiger partial charge in [-0.25, -0.2) is 8.78 Å². The zero-order chi connectivity index (χ0) is 21.8. The molecule has 0 atom stereocenters. The molecule has 0 saturated carbocycles. The molecule has 2 aromatic carbocycles. The second-order valence-electron chi connectivity index (χ2n) is 7.38. The van der Waals surface area contributed by atoms with Crippen LogP contribution in [0.1, 0.15) is 27.7 Å². The average Bonchev–Trinajstić information content (AvgIpc) is 3.10. The van der Waals surface area contributed by atoms with Gasteiger partial charge in [0, 0.05) is 23.7 Å². The highest BCUT2D eigenvalue weighted by Crippen LogP contribution is 2.29. The minimum absolute atomic E-state index is 0.0413. The van der Waals surface area contributed by atoms with E-state index in [9.17, 15) is 13.6 Å². The number of carbonyl (C=O) groups is 1. The van der Waals surface area contributed by atoms with Gasteiger partial charge in [0.1, 0.15) is 11.6 Å². The van der Waals surface area contributed by atoms with Gasteiger partial charge in [0.05, 0.1) is 11.4 Å². The third kappa shape index (κ3) is 4.70. The van der Waals surface area contributed by atoms with Gasteiger partial charge in [-0.1, -0.05) is 42.1 Å². The average molecular weight is 431 g/mol. The summed E-state index contributed by atoms with van der Waals surface area (Å²) in [5, 5.41) is 8.79. The number of aromatic nitrogens is 3. The van der Waals surface area contributed by atoms with Crippen LogP contribution in [0.2, 0.25) is 0 Å². The Morgan fingerprint density at radius 1 is 1.03 bits per heavy atom. The molecule has 0 bridgehead atoms. The number of hydrogen-bond acceptors (Lipinski definition) is 4. The molecular weight excluding hydrogens is 406 g/mol. The van der Waals surface area contributed by atoms with Crippen molar-refractivity contribution < 1.29 is 13.6 Å². The maximum Gasteiger partial charge on any atom is 0.233 e. The Morgan fingerprint density at radius 3 is 2.30 bits per heavy atom. The molecule has 0 fully saturated rings. The first-order chi connectivity index (χ1) is 14.3. The summed E-state index contributed by atoms with van der Waals surface area (Å²) in [5.74, 6) is -0.891. The molecule has 0 N–H and O–H groups in total. The van der Waals surface area contributed by atoms with Crippen molar-refractivity contribution in [1.82, 2.24) is 19.7 Å². The zero-order valence-corrected chi connectivity index (χ0v) is 18.2. The number of hydrogen-bond donors (Lipinski definition) is 0. The molecular formula is C22H24F2N4OS. The Kier molecular flexibility index (Phi) is 6.87. The lowest BCUT2D eigenvalue weighted by molar-refractivity contribution is -0.131. The normalized spacial score (nSPS) is 11.3. The van der Waals surface area contributed by atoms with E-state index in [0.29, 0.717) is 11.0 Å². The lowest BCUT2D eigenvalue weighted by Gasteiger charge is -2.30. The Labute approximate surface area is 179 Å². The Hall–Kier alpha value is -2.74. The maximum absolute atomic E-state index is 14.6. The van der Waals surface area contributed by atoms with Gasteiger partial charge in [0.2, 0.25) is 5.91 Å². The lowest BCUT2D eigenvalue weighted by Crippen LogP contribution is -2.43. The van der Waals surface area contributed by atoms with Crippen molar-refractivity contribution in [2.45, 2.75) is 44.9 Å². The molecule has 0 radical (unpaired) electrons. The summed E-state index contributed by atoms with van der Waals surface area (Å²) in [6, 6.07) is 12.7. The predicted octanol–water partition coefficient (Wildman–Crippen LogP) is 4.95. The molecule has 5 nitrogen and oxygen atoms in total. The van der Waals surface area contributed by atoms with Gasteiger partial charge in [-0.05, 0) is 39.8 Å². The van der Waals surface area contributed by atoms with E-state index in [-0.39, 0.29) is 29.4 Å². The second kappa shape index (κ2) is 9.38. The molecule has 0 spiro atoms. The predicted molar refractivity (Wildman–Crippen MR) is 115 cm³/mol. The highest BCUT2D eigenvalue weighted by molar-refractivity contribution is 7.99. The number of carbonyl (C=O) groups excluding carboxylic acids is 1. The fourth-order valence-corrected chi connectivity index (χ4v) is 4.20. The van der Waals surface area contributed by atoms with Crippen LogP contribution >= 0.6 is 11.8 Å². The van der Waals surface area contributed by atoms with Crippen molar-refractivity contribution in [2.75, 3.05) is 5.75 Å². The standard InChI is InChI=1S/C22H24F2N4OS/c1-14(2)27(15(3)4)20(29)13-30-22-26-25-21(16-8-6-5-7-9-16)28(22)19-11-10-17(23)12-18(19)24/h5-12,14-15H,13H2,1-4H3. The Balaban J connectivity index is 1.99. The Morgan fingerprint density at radius 2 is 1.70 bits per heavy atom. The fraction of sp³-hybridized carbons (Fsp3) is 0.318. The third-order valence-electron chi connectivity index (χ3n) is 4.54. The highest BCUT2D eigenvalue weighted by Gasteiger charge is 2.23. The molecule has 30 heavy (non-hydrogen) atoms. The van der Waals surface area contributed by atoms with Crippen LogP contribution in [0.25, 0.3) is 17.1 Å².